The lowest BCUT2D eigenvalue weighted by Crippen LogP contribution is -2.52. The topological polar surface area (TPSA) is 110 Å². The van der Waals surface area contributed by atoms with Gasteiger partial charge in [-0.25, -0.2) is 0 Å². The summed E-state index contributed by atoms with van der Waals surface area (Å²) in [6.07, 6.45) is 0.472. The number of nitrogens with zero attached hydrogens (tertiary/aromatic N) is 3. The fraction of sp³-hybridized carbons (Fsp3) is 0.263. The van der Waals surface area contributed by atoms with E-state index in [-0.39, 0.29) is 18.1 Å². The lowest BCUT2D eigenvalue weighted by Gasteiger charge is -2.35. The fourth-order valence-electron chi connectivity index (χ4n) is 3.25. The third-order valence-corrected chi connectivity index (χ3v) is 4.83. The van der Waals surface area contributed by atoms with E-state index in [9.17, 15) is 19.7 Å². The van der Waals surface area contributed by atoms with Crippen molar-refractivity contribution in [3.05, 3.63) is 69.8 Å². The molecule has 1 atom stereocenters. The number of amides is 2. The molecule has 0 spiro atoms. The molecule has 1 aliphatic rings. The van der Waals surface area contributed by atoms with Gasteiger partial charge in [0.2, 0.25) is 11.8 Å². The smallest absolute Gasteiger partial charge is 0.269 e. The molecule has 2 aromatic rings. The highest BCUT2D eigenvalue weighted by atomic mass is 16.6. The number of rotatable bonds is 5. The maximum atomic E-state index is 12.7. The lowest BCUT2D eigenvalue weighted by atomic mass is 9.93. The highest BCUT2D eigenvalue weighted by Gasteiger charge is 2.32. The molecule has 27 heavy (non-hydrogen) atoms. The quantitative estimate of drug-likeness (QED) is 0.635. The van der Waals surface area contributed by atoms with E-state index < -0.39 is 16.9 Å². The molecule has 1 heterocycles. The number of primary amides is 1. The first-order chi connectivity index (χ1) is 12.9. The second-order valence-electron chi connectivity index (χ2n) is 6.52. The molecular formula is C19H20N4O4. The van der Waals surface area contributed by atoms with E-state index in [1.165, 1.54) is 29.2 Å². The zero-order valence-electron chi connectivity index (χ0n) is 14.9. The van der Waals surface area contributed by atoms with Gasteiger partial charge in [0.05, 0.1) is 17.5 Å². The number of nitrogens with two attached hydrogens (primary N) is 1. The summed E-state index contributed by atoms with van der Waals surface area (Å²) in [5.41, 5.74) is 8.19. The molecule has 8 nitrogen and oxygen atoms in total. The first-order valence-corrected chi connectivity index (χ1v) is 8.48. The molecule has 8 heteroatoms. The Bertz CT molecular complexity index is 882. The minimum atomic E-state index is -0.547. The van der Waals surface area contributed by atoms with Crippen LogP contribution < -0.4 is 10.6 Å². The van der Waals surface area contributed by atoms with E-state index in [4.69, 9.17) is 5.73 Å². The largest absolute Gasteiger partial charge is 0.368 e. The molecule has 0 fully saturated rings. The third kappa shape index (κ3) is 3.95. The molecule has 0 bridgehead atoms. The number of carbonyl (C=O) groups is 2. The summed E-state index contributed by atoms with van der Waals surface area (Å²) in [6, 6.07) is 13.0. The normalized spacial score (nSPS) is 16.4. The van der Waals surface area contributed by atoms with E-state index in [1.54, 1.807) is 11.9 Å². The number of nitro benzene ring substituents is 1. The van der Waals surface area contributed by atoms with E-state index in [2.05, 4.69) is 0 Å². The molecule has 140 valence electrons. The summed E-state index contributed by atoms with van der Waals surface area (Å²) >= 11 is 0. The van der Waals surface area contributed by atoms with Crippen LogP contribution in [0.1, 0.15) is 11.1 Å². The molecule has 3 rings (SSSR count). The van der Waals surface area contributed by atoms with E-state index in [0.717, 1.165) is 11.1 Å². The average molecular weight is 368 g/mol. The summed E-state index contributed by atoms with van der Waals surface area (Å²) in [4.78, 5) is 38.1. The van der Waals surface area contributed by atoms with Crippen molar-refractivity contribution in [2.24, 2.45) is 5.73 Å². The average Bonchev–Trinajstić information content (AvgIpc) is 2.66. The predicted molar refractivity (Wildman–Crippen MR) is 100 cm³/mol. The summed E-state index contributed by atoms with van der Waals surface area (Å²) in [5.74, 6) is -0.690. The van der Waals surface area contributed by atoms with Crippen LogP contribution in [-0.2, 0) is 22.6 Å². The number of non-ortho nitro benzene ring substituents is 1. The van der Waals surface area contributed by atoms with Crippen molar-refractivity contribution in [3.8, 4) is 0 Å². The van der Waals surface area contributed by atoms with Gasteiger partial charge in [0.15, 0.2) is 0 Å². The van der Waals surface area contributed by atoms with Gasteiger partial charge < -0.3 is 10.6 Å². The van der Waals surface area contributed by atoms with Gasteiger partial charge in [-0.15, -0.1) is 0 Å². The SMILES string of the molecule is CN(C(=O)CN1Cc2ccccc2C[C@H]1C(N)=O)c1ccc([N+](=O)[O-])cc1. The molecule has 2 amide bonds. The van der Waals surface area contributed by atoms with Crippen molar-refractivity contribution in [2.75, 3.05) is 18.5 Å². The van der Waals surface area contributed by atoms with Gasteiger partial charge in [0.1, 0.15) is 0 Å². The van der Waals surface area contributed by atoms with Crippen LogP contribution in [0.2, 0.25) is 0 Å². The highest BCUT2D eigenvalue weighted by molar-refractivity contribution is 5.95. The van der Waals surface area contributed by atoms with Crippen LogP contribution in [0.5, 0.6) is 0 Å². The number of fused-ring (bicyclic) bond motifs is 1. The minimum Gasteiger partial charge on any atom is -0.368 e. The molecule has 1 aliphatic heterocycles. The second kappa shape index (κ2) is 7.55. The standard InChI is InChI=1S/C19H20N4O4/c1-21(15-6-8-16(9-7-15)23(26)27)18(24)12-22-11-14-5-3-2-4-13(14)10-17(22)19(20)25/h2-9,17H,10-12H2,1H3,(H2,20,25)/t17-/m0/s1. The van der Waals surface area contributed by atoms with Crippen molar-refractivity contribution in [3.63, 3.8) is 0 Å². The molecule has 0 aromatic heterocycles. The number of anilines is 1. The molecule has 0 unspecified atom stereocenters. The van der Waals surface area contributed by atoms with Crippen molar-refractivity contribution in [1.29, 1.82) is 0 Å². The summed E-state index contributed by atoms with van der Waals surface area (Å²) in [5, 5.41) is 10.8. The van der Waals surface area contributed by atoms with Gasteiger partial charge in [-0.05, 0) is 29.7 Å². The van der Waals surface area contributed by atoms with Crippen LogP contribution in [0.3, 0.4) is 0 Å². The maximum absolute atomic E-state index is 12.7. The lowest BCUT2D eigenvalue weighted by molar-refractivity contribution is -0.384. The minimum absolute atomic E-state index is 0.0232. The van der Waals surface area contributed by atoms with E-state index in [0.29, 0.717) is 18.7 Å². The molecule has 2 N–H and O–H groups in total. The van der Waals surface area contributed by atoms with Gasteiger partial charge in [0.25, 0.3) is 5.69 Å². The van der Waals surface area contributed by atoms with Crippen LogP contribution in [0.4, 0.5) is 11.4 Å². The fourth-order valence-corrected chi connectivity index (χ4v) is 3.25. The van der Waals surface area contributed by atoms with Crippen LogP contribution in [0.15, 0.2) is 48.5 Å². The van der Waals surface area contributed by atoms with E-state index >= 15 is 0 Å². The van der Waals surface area contributed by atoms with Crippen LogP contribution in [0, 0.1) is 10.1 Å². The van der Waals surface area contributed by atoms with Crippen molar-refractivity contribution < 1.29 is 14.5 Å². The van der Waals surface area contributed by atoms with Gasteiger partial charge in [0, 0.05) is 31.4 Å². The van der Waals surface area contributed by atoms with E-state index in [1.807, 2.05) is 24.3 Å². The van der Waals surface area contributed by atoms with Crippen LogP contribution in [-0.4, -0.2) is 41.3 Å². The molecule has 0 saturated heterocycles. The van der Waals surface area contributed by atoms with Crippen molar-refractivity contribution in [2.45, 2.75) is 19.0 Å². The first kappa shape index (κ1) is 18.5. The van der Waals surface area contributed by atoms with Crippen LogP contribution in [0.25, 0.3) is 0 Å². The summed E-state index contributed by atoms with van der Waals surface area (Å²) < 4.78 is 0. The number of hydrogen-bond donors (Lipinski definition) is 1. The third-order valence-electron chi connectivity index (χ3n) is 4.83. The number of benzene rings is 2. The van der Waals surface area contributed by atoms with Crippen LogP contribution >= 0.6 is 0 Å². The number of hydrogen-bond acceptors (Lipinski definition) is 5. The maximum Gasteiger partial charge on any atom is 0.269 e. The Hall–Kier alpha value is -3.26. The Morgan fingerprint density at radius 3 is 2.41 bits per heavy atom. The molecule has 0 radical (unpaired) electrons. The zero-order valence-corrected chi connectivity index (χ0v) is 14.9. The number of carbonyl (C=O) groups excluding carboxylic acids is 2. The Kier molecular flexibility index (Phi) is 5.18. The molecule has 2 aromatic carbocycles. The van der Waals surface area contributed by atoms with Gasteiger partial charge in [-0.1, -0.05) is 24.3 Å². The first-order valence-electron chi connectivity index (χ1n) is 8.48. The van der Waals surface area contributed by atoms with Gasteiger partial charge in [-0.3, -0.25) is 24.6 Å². The van der Waals surface area contributed by atoms with Gasteiger partial charge in [-0.2, -0.15) is 0 Å². The Morgan fingerprint density at radius 2 is 1.81 bits per heavy atom. The predicted octanol–water partition coefficient (Wildman–Crippen LogP) is 1.47. The molecular weight excluding hydrogens is 348 g/mol. The highest BCUT2D eigenvalue weighted by Crippen LogP contribution is 2.24. The molecule has 0 saturated carbocycles. The summed E-state index contributed by atoms with van der Waals surface area (Å²) in [6.45, 7) is 0.485. The molecule has 0 aliphatic carbocycles. The monoisotopic (exact) mass is 368 g/mol. The number of likely N-dealkylation sites (N-methyl/N-ethyl adjacent to an activating group) is 1. The summed E-state index contributed by atoms with van der Waals surface area (Å²) in [7, 11) is 1.60. The number of nitro groups is 1. The zero-order chi connectivity index (χ0) is 19.6. The van der Waals surface area contributed by atoms with Crippen molar-refractivity contribution >= 4 is 23.2 Å². The Balaban J connectivity index is 1.75. The Labute approximate surface area is 156 Å². The second-order valence-corrected chi connectivity index (χ2v) is 6.52. The van der Waals surface area contributed by atoms with Gasteiger partial charge >= 0.3 is 0 Å². The van der Waals surface area contributed by atoms with Crippen molar-refractivity contribution in [1.82, 2.24) is 4.90 Å². The Morgan fingerprint density at radius 1 is 1.19 bits per heavy atom.